The number of thioether (sulfide) groups is 1. The van der Waals surface area contributed by atoms with Gasteiger partial charge in [0.05, 0.1) is 0 Å². The van der Waals surface area contributed by atoms with Crippen LogP contribution in [0.25, 0.3) is 0 Å². The summed E-state index contributed by atoms with van der Waals surface area (Å²) in [5, 5.41) is 0. The Morgan fingerprint density at radius 2 is 1.63 bits per heavy atom. The van der Waals surface area contributed by atoms with Gasteiger partial charge in [0.15, 0.2) is 0 Å². The second-order valence-corrected chi connectivity index (χ2v) is 7.76. The Labute approximate surface area is 161 Å². The van der Waals surface area contributed by atoms with Crippen LogP contribution in [-0.2, 0) is 6.61 Å². The van der Waals surface area contributed by atoms with Crippen molar-refractivity contribution in [1.29, 1.82) is 0 Å². The molecule has 144 valence electrons. The lowest BCUT2D eigenvalue weighted by atomic mass is 9.96. The van der Waals surface area contributed by atoms with Gasteiger partial charge in [-0.25, -0.2) is 0 Å². The second-order valence-electron chi connectivity index (χ2n) is 6.62. The van der Waals surface area contributed by atoms with Crippen LogP contribution in [0.15, 0.2) is 58.4 Å². The molecule has 0 bridgehead atoms. The summed E-state index contributed by atoms with van der Waals surface area (Å²) < 4.78 is 42.7. The number of rotatable bonds is 6. The molecule has 2 nitrogen and oxygen atoms in total. The summed E-state index contributed by atoms with van der Waals surface area (Å²) >= 11 is -0.113. The fraction of sp³-hybridized carbons (Fsp3) is 0.381. The third-order valence-electron chi connectivity index (χ3n) is 4.45. The van der Waals surface area contributed by atoms with Gasteiger partial charge in [-0.05, 0) is 72.1 Å². The topological polar surface area (TPSA) is 21.6 Å². The predicted molar refractivity (Wildman–Crippen MR) is 104 cm³/mol. The molecule has 0 saturated heterocycles. The van der Waals surface area contributed by atoms with Crippen molar-refractivity contribution in [3.05, 3.63) is 59.7 Å². The fourth-order valence-electron chi connectivity index (χ4n) is 3.03. The number of hydrogen-bond donors (Lipinski definition) is 0. The monoisotopic (exact) mass is 393 g/mol. The van der Waals surface area contributed by atoms with Crippen LogP contribution in [0.2, 0.25) is 0 Å². The summed E-state index contributed by atoms with van der Waals surface area (Å²) in [4.78, 5) is 4.84. The minimum atomic E-state index is -4.26. The summed E-state index contributed by atoms with van der Waals surface area (Å²) in [6, 6.07) is 14.4. The molecule has 0 N–H and O–H groups in total. The Morgan fingerprint density at radius 3 is 2.26 bits per heavy atom. The molecule has 0 atom stereocenters. The van der Waals surface area contributed by atoms with Gasteiger partial charge in [-0.15, -0.1) is 0 Å². The van der Waals surface area contributed by atoms with E-state index in [1.54, 1.807) is 12.1 Å². The number of alkyl halides is 3. The van der Waals surface area contributed by atoms with Crippen LogP contribution < -0.4 is 4.74 Å². The number of benzene rings is 2. The van der Waals surface area contributed by atoms with Gasteiger partial charge < -0.3 is 4.74 Å². The Bertz CT molecular complexity index is 736. The molecule has 0 spiro atoms. The molecular weight excluding hydrogens is 371 g/mol. The van der Waals surface area contributed by atoms with E-state index in [1.165, 1.54) is 44.2 Å². The van der Waals surface area contributed by atoms with Crippen molar-refractivity contribution in [1.82, 2.24) is 0 Å². The zero-order chi connectivity index (χ0) is 19.1. The molecule has 1 saturated carbocycles. The van der Waals surface area contributed by atoms with Crippen LogP contribution >= 0.6 is 11.8 Å². The zero-order valence-corrected chi connectivity index (χ0v) is 15.7. The fourth-order valence-corrected chi connectivity index (χ4v) is 3.57. The first-order valence-corrected chi connectivity index (χ1v) is 9.90. The third kappa shape index (κ3) is 6.94. The average Bonchev–Trinajstić information content (AvgIpc) is 2.66. The van der Waals surface area contributed by atoms with Crippen molar-refractivity contribution in [3.8, 4) is 5.75 Å². The number of halogens is 3. The lowest BCUT2D eigenvalue weighted by Crippen LogP contribution is -2.09. The maximum Gasteiger partial charge on any atom is 0.446 e. The van der Waals surface area contributed by atoms with Gasteiger partial charge in [0.2, 0.25) is 0 Å². The molecule has 0 aliphatic heterocycles. The first kappa shape index (κ1) is 19.8. The smallest absolute Gasteiger partial charge is 0.446 e. The van der Waals surface area contributed by atoms with Gasteiger partial charge in [0.25, 0.3) is 0 Å². The molecule has 27 heavy (non-hydrogen) atoms. The number of nitrogens with zero attached hydrogens (tertiary/aromatic N) is 1. The van der Waals surface area contributed by atoms with Crippen LogP contribution in [0.4, 0.5) is 13.2 Å². The normalized spacial score (nSPS) is 16.0. The molecule has 0 aromatic heterocycles. The van der Waals surface area contributed by atoms with Crippen molar-refractivity contribution >= 4 is 18.0 Å². The highest BCUT2D eigenvalue weighted by atomic mass is 32.2. The molecule has 1 aliphatic carbocycles. The summed E-state index contributed by atoms with van der Waals surface area (Å²) in [5.41, 5.74) is -2.40. The zero-order valence-electron chi connectivity index (χ0n) is 14.9. The van der Waals surface area contributed by atoms with E-state index in [2.05, 4.69) is 4.99 Å². The van der Waals surface area contributed by atoms with Crippen LogP contribution in [0, 0.1) is 0 Å². The van der Waals surface area contributed by atoms with E-state index in [9.17, 15) is 13.2 Å². The van der Waals surface area contributed by atoms with Gasteiger partial charge in [-0.2, -0.15) is 13.2 Å². The highest BCUT2D eigenvalue weighted by Crippen LogP contribution is 2.36. The standard InChI is InChI=1S/C21H22F3NOS/c22-21(23,24)27-20-12-8-17(9-13-20)15-26-19-10-6-16(7-11-19)14-25-18-4-2-1-3-5-18/h6-14,18H,1-5,15H2. The van der Waals surface area contributed by atoms with Crippen molar-refractivity contribution in [3.63, 3.8) is 0 Å². The van der Waals surface area contributed by atoms with Crippen molar-refractivity contribution in [2.45, 2.75) is 55.2 Å². The highest BCUT2D eigenvalue weighted by Gasteiger charge is 2.28. The minimum absolute atomic E-state index is 0.113. The SMILES string of the molecule is FC(F)(F)Sc1ccc(COc2ccc(C=NC3CCCCC3)cc2)cc1. The second kappa shape index (κ2) is 9.31. The number of ether oxygens (including phenoxy) is 1. The number of hydrogen-bond acceptors (Lipinski definition) is 3. The third-order valence-corrected chi connectivity index (χ3v) is 5.19. The first-order valence-electron chi connectivity index (χ1n) is 9.09. The lowest BCUT2D eigenvalue weighted by Gasteiger charge is -2.17. The highest BCUT2D eigenvalue weighted by molar-refractivity contribution is 8.00. The first-order chi connectivity index (χ1) is 13.0. The molecule has 1 fully saturated rings. The van der Waals surface area contributed by atoms with Gasteiger partial charge in [0.1, 0.15) is 12.4 Å². The molecule has 0 amide bonds. The minimum Gasteiger partial charge on any atom is -0.489 e. The van der Waals surface area contributed by atoms with Gasteiger partial charge in [-0.3, -0.25) is 4.99 Å². The molecule has 0 heterocycles. The molecule has 6 heteroatoms. The number of aliphatic imine (C=N–C) groups is 1. The molecule has 0 radical (unpaired) electrons. The van der Waals surface area contributed by atoms with Gasteiger partial charge in [-0.1, -0.05) is 31.4 Å². The molecule has 2 aromatic carbocycles. The quantitative estimate of drug-likeness (QED) is 0.406. The summed E-state index contributed by atoms with van der Waals surface area (Å²) in [6.45, 7) is 0.312. The van der Waals surface area contributed by atoms with E-state index in [0.717, 1.165) is 16.9 Å². The van der Waals surface area contributed by atoms with Crippen LogP contribution in [-0.4, -0.2) is 17.8 Å². The van der Waals surface area contributed by atoms with E-state index >= 15 is 0 Å². The van der Waals surface area contributed by atoms with Crippen molar-refractivity contribution in [2.75, 3.05) is 0 Å². The molecule has 3 rings (SSSR count). The van der Waals surface area contributed by atoms with Crippen LogP contribution in [0.3, 0.4) is 0 Å². The van der Waals surface area contributed by atoms with Crippen molar-refractivity contribution in [2.24, 2.45) is 4.99 Å². The lowest BCUT2D eigenvalue weighted by molar-refractivity contribution is -0.0328. The Balaban J connectivity index is 1.49. The van der Waals surface area contributed by atoms with E-state index in [4.69, 9.17) is 4.74 Å². The van der Waals surface area contributed by atoms with E-state index < -0.39 is 5.51 Å². The van der Waals surface area contributed by atoms with Crippen LogP contribution in [0.1, 0.15) is 43.2 Å². The Morgan fingerprint density at radius 1 is 0.963 bits per heavy atom. The van der Waals surface area contributed by atoms with Gasteiger partial charge in [0, 0.05) is 17.2 Å². The summed E-state index contributed by atoms with van der Waals surface area (Å²) in [7, 11) is 0. The van der Waals surface area contributed by atoms with E-state index in [1.807, 2.05) is 30.5 Å². The maximum atomic E-state index is 12.3. The summed E-state index contributed by atoms with van der Waals surface area (Å²) in [5.74, 6) is 0.721. The van der Waals surface area contributed by atoms with Crippen LogP contribution in [0.5, 0.6) is 5.75 Å². The average molecular weight is 393 g/mol. The molecule has 2 aromatic rings. The maximum absolute atomic E-state index is 12.3. The van der Waals surface area contributed by atoms with E-state index in [-0.39, 0.29) is 16.7 Å². The van der Waals surface area contributed by atoms with E-state index in [0.29, 0.717) is 12.6 Å². The summed E-state index contributed by atoms with van der Waals surface area (Å²) in [6.07, 6.45) is 8.14. The molecule has 0 unspecified atom stereocenters. The van der Waals surface area contributed by atoms with Gasteiger partial charge >= 0.3 is 5.51 Å². The largest absolute Gasteiger partial charge is 0.489 e. The van der Waals surface area contributed by atoms with Crippen molar-refractivity contribution < 1.29 is 17.9 Å². The Kier molecular flexibility index (Phi) is 6.83. The molecule has 1 aliphatic rings. The Hall–Kier alpha value is -1.95. The molecular formula is C21H22F3NOS. The predicted octanol–water partition coefficient (Wildman–Crippen LogP) is 6.63.